The molecule has 0 amide bonds. The van der Waals surface area contributed by atoms with Crippen LogP contribution in [0.3, 0.4) is 0 Å². The molecule has 1 unspecified atom stereocenters. The molecule has 4 aromatic heterocycles. The van der Waals surface area contributed by atoms with Gasteiger partial charge in [0.1, 0.15) is 25.1 Å². The second-order valence-electron chi connectivity index (χ2n) is 9.29. The van der Waals surface area contributed by atoms with Gasteiger partial charge in [-0.2, -0.15) is 14.3 Å². The molecule has 20 nitrogen and oxygen atoms in total. The Morgan fingerprint density at radius 3 is 2.71 bits per heavy atom. The van der Waals surface area contributed by atoms with Crippen LogP contribution in [0.4, 0.5) is 16.2 Å². The van der Waals surface area contributed by atoms with Gasteiger partial charge in [0.25, 0.3) is 11.4 Å². The predicted molar refractivity (Wildman–Crippen MR) is 136 cm³/mol. The fourth-order valence-electron chi connectivity index (χ4n) is 4.64. The van der Waals surface area contributed by atoms with Gasteiger partial charge in [-0.1, -0.05) is 22.7 Å². The van der Waals surface area contributed by atoms with Crippen molar-refractivity contribution >= 4 is 53.1 Å². The van der Waals surface area contributed by atoms with Crippen molar-refractivity contribution in [3.63, 3.8) is 0 Å². The number of rotatable bonds is 8. The number of aliphatic hydroxyl groups is 2. The molecule has 0 radical (unpaired) electrons. The number of nitrogen functional groups attached to an aromatic ring is 2. The summed E-state index contributed by atoms with van der Waals surface area (Å²) >= 11 is 4.03. The third kappa shape index (κ3) is 4.61. The Morgan fingerprint density at radius 2 is 1.95 bits per heavy atom. The van der Waals surface area contributed by atoms with E-state index in [1.807, 2.05) is 0 Å². The first-order valence-corrected chi connectivity index (χ1v) is 14.5. The van der Waals surface area contributed by atoms with Crippen molar-refractivity contribution < 1.29 is 37.7 Å². The van der Waals surface area contributed by atoms with Crippen molar-refractivity contribution in [1.82, 2.24) is 49.9 Å². The van der Waals surface area contributed by atoms with Crippen LogP contribution in [0.25, 0.3) is 22.3 Å². The summed E-state index contributed by atoms with van der Waals surface area (Å²) in [6, 6.07) is 0. The van der Waals surface area contributed by atoms with Gasteiger partial charge < -0.3 is 31.2 Å². The second kappa shape index (κ2) is 9.87. The van der Waals surface area contributed by atoms with Crippen LogP contribution in [0, 0.1) is 0 Å². The average Bonchev–Trinajstić information content (AvgIpc) is 3.69. The van der Waals surface area contributed by atoms with Crippen LogP contribution in [0.1, 0.15) is 6.42 Å². The normalized spacial score (nSPS) is 29.9. The molecular formula is C18H22FN12O8PS. The number of aliphatic hydroxyl groups excluding tert-OH is 2. The molecule has 6 rings (SSSR count). The Bertz CT molecular complexity index is 1740. The molecule has 6 heterocycles. The van der Waals surface area contributed by atoms with Gasteiger partial charge in [0.15, 0.2) is 28.1 Å². The molecule has 41 heavy (non-hydrogen) atoms. The van der Waals surface area contributed by atoms with Crippen LogP contribution in [0.2, 0.25) is 0 Å². The van der Waals surface area contributed by atoms with E-state index in [9.17, 15) is 19.6 Å². The summed E-state index contributed by atoms with van der Waals surface area (Å²) in [4.78, 5) is 26.3. The number of ether oxygens (including phenoxy) is 2. The molecule has 2 aliphatic rings. The molecule has 2 saturated heterocycles. The summed E-state index contributed by atoms with van der Waals surface area (Å²) in [6.07, 6.45) is -3.09. The van der Waals surface area contributed by atoms with E-state index in [2.05, 4.69) is 52.8 Å². The Labute approximate surface area is 231 Å². The van der Waals surface area contributed by atoms with E-state index in [4.69, 9.17) is 30.0 Å². The summed E-state index contributed by atoms with van der Waals surface area (Å²) in [6.45, 7) is -6.51. The zero-order valence-corrected chi connectivity index (χ0v) is 22.4. The highest BCUT2D eigenvalue weighted by Crippen LogP contribution is 2.59. The van der Waals surface area contributed by atoms with Crippen LogP contribution in [-0.2, 0) is 34.6 Å². The van der Waals surface area contributed by atoms with E-state index in [1.54, 1.807) is 0 Å². The van der Waals surface area contributed by atoms with Gasteiger partial charge in [0, 0.05) is 6.42 Å². The van der Waals surface area contributed by atoms with E-state index >= 15 is 4.39 Å². The number of fused-ring (bicyclic) bond motifs is 2. The molecule has 0 spiro atoms. The minimum absolute atomic E-state index is 0.0221. The number of nitrogens with zero attached hydrogens (tertiary/aromatic N) is 9. The Hall–Kier alpha value is -3.37. The third-order valence-corrected chi connectivity index (χ3v) is 8.26. The van der Waals surface area contributed by atoms with Crippen LogP contribution < -0.4 is 17.0 Å². The highest BCUT2D eigenvalue weighted by atomic mass is 32.7. The predicted octanol–water partition coefficient (Wildman–Crippen LogP) is -2.20. The van der Waals surface area contributed by atoms with Gasteiger partial charge >= 0.3 is 6.80 Å². The molecule has 0 aromatic carbocycles. The lowest BCUT2D eigenvalue weighted by Crippen LogP contribution is -2.44. The van der Waals surface area contributed by atoms with Crippen LogP contribution in [-0.4, -0.2) is 105 Å². The van der Waals surface area contributed by atoms with Gasteiger partial charge in [0.2, 0.25) is 11.7 Å². The first-order valence-electron chi connectivity index (χ1n) is 11.8. The number of alkyl halides is 1. The fraction of sp³-hybridized carbons (Fsp3) is 0.556. The van der Waals surface area contributed by atoms with Crippen molar-refractivity contribution in [3.8, 4) is 0 Å². The van der Waals surface area contributed by atoms with Crippen LogP contribution in [0.5, 0.6) is 0 Å². The van der Waals surface area contributed by atoms with E-state index in [0.717, 1.165) is 15.7 Å². The zero-order chi connectivity index (χ0) is 29.2. The summed E-state index contributed by atoms with van der Waals surface area (Å²) < 4.78 is 53.3. The van der Waals surface area contributed by atoms with Crippen molar-refractivity contribution in [3.05, 3.63) is 16.7 Å². The molecule has 0 saturated carbocycles. The SMILES string of the molecule is Nc1nc2c(nnn2[C@@]2(OP(=O)(S)OC[C@H]3OC[C@@](F)(n4nnc5c(N)ncnc54)[C@@H]3O)CO[C@H](CO)C2)c(=O)[nH]1. The molecule has 0 aliphatic carbocycles. The topological polar surface area (TPSA) is 279 Å². The monoisotopic (exact) mass is 616 g/mol. The van der Waals surface area contributed by atoms with E-state index < -0.39 is 62.0 Å². The number of aromatic amines is 1. The second-order valence-corrected chi connectivity index (χ2v) is 12.1. The van der Waals surface area contributed by atoms with Gasteiger partial charge in [-0.25, -0.2) is 18.9 Å². The van der Waals surface area contributed by atoms with Gasteiger partial charge in [-0.3, -0.25) is 18.8 Å². The van der Waals surface area contributed by atoms with Crippen LogP contribution in [0.15, 0.2) is 11.1 Å². The third-order valence-electron chi connectivity index (χ3n) is 6.62. The highest BCUT2D eigenvalue weighted by molar-refractivity contribution is 8.44. The van der Waals surface area contributed by atoms with E-state index in [1.165, 1.54) is 0 Å². The van der Waals surface area contributed by atoms with Crippen molar-refractivity contribution in [2.24, 2.45) is 0 Å². The number of H-pyrrole nitrogens is 1. The fourth-order valence-corrected chi connectivity index (χ4v) is 6.32. The first-order chi connectivity index (χ1) is 19.5. The number of anilines is 2. The van der Waals surface area contributed by atoms with Crippen LogP contribution >= 0.6 is 19.0 Å². The Kier molecular flexibility index (Phi) is 6.69. The number of nitrogens with one attached hydrogen (secondary N) is 1. The molecule has 2 fully saturated rings. The minimum Gasteiger partial charge on any atom is -0.394 e. The number of nitrogens with two attached hydrogens (primary N) is 2. The van der Waals surface area contributed by atoms with E-state index in [0.29, 0.717) is 0 Å². The number of aromatic nitrogens is 10. The lowest BCUT2D eigenvalue weighted by Gasteiger charge is -2.30. The molecule has 7 N–H and O–H groups in total. The maximum Gasteiger partial charge on any atom is 0.388 e. The summed E-state index contributed by atoms with van der Waals surface area (Å²) in [5, 5.41) is 35.6. The number of hydrogen-bond donors (Lipinski definition) is 6. The Morgan fingerprint density at radius 1 is 1.20 bits per heavy atom. The van der Waals surface area contributed by atoms with Gasteiger partial charge in [0.05, 0.1) is 25.9 Å². The van der Waals surface area contributed by atoms with E-state index in [-0.39, 0.29) is 47.1 Å². The zero-order valence-electron chi connectivity index (χ0n) is 20.6. The summed E-state index contributed by atoms with van der Waals surface area (Å²) in [5.74, 6) is -2.93. The number of halogens is 1. The van der Waals surface area contributed by atoms with Gasteiger partial charge in [-0.15, -0.1) is 10.2 Å². The largest absolute Gasteiger partial charge is 0.394 e. The average molecular weight is 616 g/mol. The van der Waals surface area contributed by atoms with Crippen molar-refractivity contribution in [1.29, 1.82) is 0 Å². The minimum atomic E-state index is -4.40. The molecule has 4 aromatic rings. The standard InChI is InChI=1S/C18H22FN12O8PS/c19-18(31-13-9(26-29-31)12(20)22-6-23-13)5-37-8(11(18)33)3-38-40(35,41)39-17(1-7(2-32)36-4-17)30-14-10(27-28-30)15(34)25-16(21)24-14/h6-8,11,32-33H,1-5H2,(H,35,41)(H2,20,22,23)(H3,21,24,25,34)/t7-,8+,11+,17-,18+,40?/m0/s1. The molecule has 2 aliphatic heterocycles. The maximum atomic E-state index is 16.0. The number of hydrogen-bond acceptors (Lipinski definition) is 17. The maximum absolute atomic E-state index is 16.0. The summed E-state index contributed by atoms with van der Waals surface area (Å²) in [7, 11) is 0. The Balaban J connectivity index is 1.23. The van der Waals surface area contributed by atoms with Crippen molar-refractivity contribution in [2.45, 2.75) is 36.3 Å². The van der Waals surface area contributed by atoms with Gasteiger partial charge in [-0.05, 0) is 0 Å². The molecular weight excluding hydrogens is 594 g/mol. The molecule has 220 valence electrons. The summed E-state index contributed by atoms with van der Waals surface area (Å²) in [5.41, 5.74) is 8.56. The lowest BCUT2D eigenvalue weighted by molar-refractivity contribution is -0.0586. The quantitative estimate of drug-likeness (QED) is 0.0904. The molecule has 23 heteroatoms. The highest BCUT2D eigenvalue weighted by Gasteiger charge is 2.55. The lowest BCUT2D eigenvalue weighted by atomic mass is 10.1. The smallest absolute Gasteiger partial charge is 0.388 e. The first kappa shape index (κ1) is 27.8. The molecule has 6 atom stereocenters. The molecule has 0 bridgehead atoms. The number of thiol groups is 1. The van der Waals surface area contributed by atoms with Crippen molar-refractivity contribution in [2.75, 3.05) is 37.9 Å².